The lowest BCUT2D eigenvalue weighted by Crippen LogP contribution is -2.45. The van der Waals surface area contributed by atoms with E-state index < -0.39 is 23.4 Å². The quantitative estimate of drug-likeness (QED) is 0.856. The number of ether oxygens (including phenoxy) is 1. The second-order valence-corrected chi connectivity index (χ2v) is 6.84. The molecular formula is C17H21ClF2N2O2. The molecule has 2 fully saturated rings. The second-order valence-electron chi connectivity index (χ2n) is 6.40. The van der Waals surface area contributed by atoms with Gasteiger partial charge in [-0.1, -0.05) is 24.4 Å². The Morgan fingerprint density at radius 2 is 1.88 bits per heavy atom. The number of nitrogens with zero attached hydrogens (tertiary/aromatic N) is 1. The topological polar surface area (TPSA) is 41.6 Å². The predicted octanol–water partition coefficient (Wildman–Crippen LogP) is 4.57. The molecule has 1 saturated carbocycles. The summed E-state index contributed by atoms with van der Waals surface area (Å²) in [6, 6.07) is 1.57. The molecule has 1 aliphatic heterocycles. The van der Waals surface area contributed by atoms with Crippen LogP contribution in [0.25, 0.3) is 0 Å². The van der Waals surface area contributed by atoms with E-state index in [2.05, 4.69) is 5.32 Å². The van der Waals surface area contributed by atoms with Gasteiger partial charge < -0.3 is 15.0 Å². The van der Waals surface area contributed by atoms with Gasteiger partial charge >= 0.3 is 6.03 Å². The van der Waals surface area contributed by atoms with Gasteiger partial charge in [0.2, 0.25) is 0 Å². The van der Waals surface area contributed by atoms with Gasteiger partial charge in [0.1, 0.15) is 5.69 Å². The molecule has 1 heterocycles. The van der Waals surface area contributed by atoms with Crippen molar-refractivity contribution in [3.63, 3.8) is 0 Å². The highest BCUT2D eigenvalue weighted by molar-refractivity contribution is 6.30. The summed E-state index contributed by atoms with van der Waals surface area (Å²) in [6.45, 7) is 1.15. The Morgan fingerprint density at radius 3 is 2.46 bits per heavy atom. The minimum atomic E-state index is -0.878. The first-order valence-corrected chi connectivity index (χ1v) is 8.76. The summed E-state index contributed by atoms with van der Waals surface area (Å²) in [5.41, 5.74) is -0.459. The van der Waals surface area contributed by atoms with Gasteiger partial charge in [-0.2, -0.15) is 0 Å². The SMILES string of the molecule is O=C(Nc1c(F)cc(Cl)cc1F)N(CC1CCCO1)C1CCCC1. The molecule has 132 valence electrons. The van der Waals surface area contributed by atoms with Gasteiger partial charge in [0.15, 0.2) is 11.6 Å². The first-order chi connectivity index (χ1) is 11.5. The van der Waals surface area contributed by atoms with Gasteiger partial charge in [-0.05, 0) is 37.8 Å². The first kappa shape index (κ1) is 17.4. The highest BCUT2D eigenvalue weighted by Gasteiger charge is 2.31. The van der Waals surface area contributed by atoms with E-state index in [4.69, 9.17) is 16.3 Å². The number of benzene rings is 1. The Bertz CT molecular complexity index is 579. The third kappa shape index (κ3) is 3.98. The van der Waals surface area contributed by atoms with Crippen molar-refractivity contribution in [3.05, 3.63) is 28.8 Å². The summed E-state index contributed by atoms with van der Waals surface area (Å²) in [5.74, 6) is -1.76. The molecule has 0 aromatic heterocycles. The number of amides is 2. The summed E-state index contributed by atoms with van der Waals surface area (Å²) in [4.78, 5) is 14.3. The number of carbonyl (C=O) groups excluding carboxylic acids is 1. The maximum absolute atomic E-state index is 13.9. The fourth-order valence-electron chi connectivity index (χ4n) is 3.46. The van der Waals surface area contributed by atoms with E-state index in [1.54, 1.807) is 4.90 Å². The van der Waals surface area contributed by atoms with E-state index in [-0.39, 0.29) is 17.2 Å². The van der Waals surface area contributed by atoms with Gasteiger partial charge in [-0.15, -0.1) is 0 Å². The number of rotatable bonds is 4. The molecule has 3 rings (SSSR count). The molecule has 1 aliphatic carbocycles. The van der Waals surface area contributed by atoms with Gasteiger partial charge in [-0.25, -0.2) is 13.6 Å². The van der Waals surface area contributed by atoms with Crippen LogP contribution >= 0.6 is 11.6 Å². The second kappa shape index (κ2) is 7.66. The van der Waals surface area contributed by atoms with Crippen molar-refractivity contribution in [3.8, 4) is 0 Å². The highest BCUT2D eigenvalue weighted by atomic mass is 35.5. The third-order valence-electron chi connectivity index (χ3n) is 4.69. The van der Waals surface area contributed by atoms with Crippen molar-refractivity contribution < 1.29 is 18.3 Å². The van der Waals surface area contributed by atoms with Gasteiger partial charge in [0, 0.05) is 24.2 Å². The largest absolute Gasteiger partial charge is 0.376 e. The zero-order valence-electron chi connectivity index (χ0n) is 13.4. The van der Waals surface area contributed by atoms with Gasteiger partial charge in [-0.3, -0.25) is 0 Å². The predicted molar refractivity (Wildman–Crippen MR) is 88.3 cm³/mol. The lowest BCUT2D eigenvalue weighted by Gasteiger charge is -2.31. The molecule has 4 nitrogen and oxygen atoms in total. The van der Waals surface area contributed by atoms with E-state index in [9.17, 15) is 13.6 Å². The van der Waals surface area contributed by atoms with E-state index in [1.165, 1.54) is 0 Å². The molecule has 1 atom stereocenters. The van der Waals surface area contributed by atoms with Crippen molar-refractivity contribution in [2.75, 3.05) is 18.5 Å². The van der Waals surface area contributed by atoms with Crippen LogP contribution in [0.2, 0.25) is 5.02 Å². The van der Waals surface area contributed by atoms with Crippen LogP contribution in [0.3, 0.4) is 0 Å². The number of hydrogen-bond acceptors (Lipinski definition) is 2. The Kier molecular flexibility index (Phi) is 5.56. The zero-order chi connectivity index (χ0) is 17.1. The summed E-state index contributed by atoms with van der Waals surface area (Å²) in [6.07, 6.45) is 5.81. The molecule has 0 spiro atoms. The van der Waals surface area contributed by atoms with E-state index >= 15 is 0 Å². The fourth-order valence-corrected chi connectivity index (χ4v) is 3.65. The molecular weight excluding hydrogens is 338 g/mol. The van der Waals surface area contributed by atoms with Crippen molar-refractivity contribution in [2.45, 2.75) is 50.7 Å². The Labute approximate surface area is 145 Å². The van der Waals surface area contributed by atoms with E-state index in [0.717, 1.165) is 50.7 Å². The summed E-state index contributed by atoms with van der Waals surface area (Å²) >= 11 is 5.62. The lowest BCUT2D eigenvalue weighted by atomic mass is 10.1. The zero-order valence-corrected chi connectivity index (χ0v) is 14.1. The van der Waals surface area contributed by atoms with Crippen LogP contribution < -0.4 is 5.32 Å². The molecule has 7 heteroatoms. The normalized spacial score (nSPS) is 21.2. The van der Waals surface area contributed by atoms with Crippen molar-refractivity contribution in [1.82, 2.24) is 4.90 Å². The van der Waals surface area contributed by atoms with Gasteiger partial charge in [0.25, 0.3) is 0 Å². The third-order valence-corrected chi connectivity index (χ3v) is 4.91. The van der Waals surface area contributed by atoms with Crippen LogP contribution in [0, 0.1) is 11.6 Å². The van der Waals surface area contributed by atoms with E-state index in [1.807, 2.05) is 0 Å². The number of halogens is 3. The fraction of sp³-hybridized carbons (Fsp3) is 0.588. The highest BCUT2D eigenvalue weighted by Crippen LogP contribution is 2.28. The number of hydrogen-bond donors (Lipinski definition) is 1. The number of urea groups is 1. The maximum Gasteiger partial charge on any atom is 0.322 e. The van der Waals surface area contributed by atoms with Crippen LogP contribution in [-0.2, 0) is 4.74 Å². The Balaban J connectivity index is 1.75. The molecule has 1 unspecified atom stereocenters. The molecule has 2 amide bonds. The van der Waals surface area contributed by atoms with Crippen molar-refractivity contribution >= 4 is 23.3 Å². The number of nitrogens with one attached hydrogen (secondary N) is 1. The standard InChI is InChI=1S/C17H21ClF2N2O2/c18-11-8-14(19)16(15(20)9-11)21-17(23)22(12-4-1-2-5-12)10-13-6-3-7-24-13/h8-9,12-13H,1-7,10H2,(H,21,23). The summed E-state index contributed by atoms with van der Waals surface area (Å²) in [5, 5.41) is 2.33. The molecule has 1 aromatic carbocycles. The smallest absolute Gasteiger partial charge is 0.322 e. The van der Waals surface area contributed by atoms with Crippen LogP contribution in [0.4, 0.5) is 19.3 Å². The van der Waals surface area contributed by atoms with Crippen molar-refractivity contribution in [2.24, 2.45) is 0 Å². The molecule has 2 aliphatic rings. The van der Waals surface area contributed by atoms with Gasteiger partial charge in [0.05, 0.1) is 6.10 Å². The minimum absolute atomic E-state index is 0.00346. The van der Waals surface area contributed by atoms with Crippen LogP contribution in [0.5, 0.6) is 0 Å². The molecule has 1 saturated heterocycles. The summed E-state index contributed by atoms with van der Waals surface area (Å²) < 4.78 is 33.5. The first-order valence-electron chi connectivity index (χ1n) is 8.38. The van der Waals surface area contributed by atoms with Crippen LogP contribution in [0.1, 0.15) is 38.5 Å². The molecule has 0 bridgehead atoms. The van der Waals surface area contributed by atoms with Crippen LogP contribution in [-0.4, -0.2) is 36.2 Å². The Hall–Kier alpha value is -1.40. The Morgan fingerprint density at radius 1 is 1.21 bits per heavy atom. The molecule has 24 heavy (non-hydrogen) atoms. The lowest BCUT2D eigenvalue weighted by molar-refractivity contribution is 0.0728. The molecule has 0 radical (unpaired) electrons. The van der Waals surface area contributed by atoms with Crippen LogP contribution in [0.15, 0.2) is 12.1 Å². The maximum atomic E-state index is 13.9. The summed E-state index contributed by atoms with van der Waals surface area (Å²) in [7, 11) is 0. The minimum Gasteiger partial charge on any atom is -0.376 e. The monoisotopic (exact) mass is 358 g/mol. The number of carbonyl (C=O) groups is 1. The van der Waals surface area contributed by atoms with Crippen molar-refractivity contribution in [1.29, 1.82) is 0 Å². The average Bonchev–Trinajstić information content (AvgIpc) is 3.21. The molecule has 1 aromatic rings. The molecule has 1 N–H and O–H groups in total. The average molecular weight is 359 g/mol. The van der Waals surface area contributed by atoms with E-state index in [0.29, 0.717) is 13.2 Å². The number of anilines is 1.